The van der Waals surface area contributed by atoms with Gasteiger partial charge in [0.1, 0.15) is 0 Å². The number of anilines is 1. The van der Waals surface area contributed by atoms with E-state index >= 15 is 0 Å². The summed E-state index contributed by atoms with van der Waals surface area (Å²) in [6.07, 6.45) is 0. The Bertz CT molecular complexity index is 599. The lowest BCUT2D eigenvalue weighted by Gasteiger charge is -2.08. The Hall–Kier alpha value is -2.49. The van der Waals surface area contributed by atoms with E-state index in [4.69, 9.17) is 4.74 Å². The van der Waals surface area contributed by atoms with Gasteiger partial charge in [-0.1, -0.05) is 13.8 Å². The highest BCUT2D eigenvalue weighted by Gasteiger charge is 2.15. The molecule has 126 valence electrons. The van der Waals surface area contributed by atoms with Gasteiger partial charge >= 0.3 is 12.0 Å². The van der Waals surface area contributed by atoms with Gasteiger partial charge in [0.2, 0.25) is 5.91 Å². The van der Waals surface area contributed by atoms with Crippen LogP contribution in [0.1, 0.15) is 31.3 Å². The van der Waals surface area contributed by atoms with E-state index in [0.29, 0.717) is 6.54 Å². The number of amides is 4. The summed E-state index contributed by atoms with van der Waals surface area (Å²) in [7, 11) is 0. The van der Waals surface area contributed by atoms with E-state index < -0.39 is 24.5 Å². The number of carbonyl (C=O) groups excluding carboxylic acids is 4. The van der Waals surface area contributed by atoms with Crippen LogP contribution in [0.15, 0.2) is 5.38 Å². The summed E-state index contributed by atoms with van der Waals surface area (Å²) >= 11 is 1.05. The summed E-state index contributed by atoms with van der Waals surface area (Å²) < 4.78 is 4.74. The predicted octanol–water partition coefficient (Wildman–Crippen LogP) is 0.740. The molecule has 0 saturated carbocycles. The number of carbonyl (C=O) groups is 4. The van der Waals surface area contributed by atoms with Gasteiger partial charge in [0.25, 0.3) is 5.91 Å². The van der Waals surface area contributed by atoms with Crippen molar-refractivity contribution in [2.24, 2.45) is 5.92 Å². The molecule has 23 heavy (non-hydrogen) atoms. The minimum atomic E-state index is -0.824. The Kier molecular flexibility index (Phi) is 7.13. The van der Waals surface area contributed by atoms with E-state index in [1.54, 1.807) is 0 Å². The monoisotopic (exact) mass is 342 g/mol. The van der Waals surface area contributed by atoms with Crippen LogP contribution in [0.3, 0.4) is 0 Å². The lowest BCUT2D eigenvalue weighted by Crippen LogP contribution is -2.42. The van der Waals surface area contributed by atoms with Crippen molar-refractivity contribution in [3.8, 4) is 0 Å². The molecule has 0 spiro atoms. The lowest BCUT2D eigenvalue weighted by atomic mass is 10.2. The molecule has 4 amide bonds. The van der Waals surface area contributed by atoms with Crippen LogP contribution in [0.25, 0.3) is 0 Å². The molecule has 1 aromatic heterocycles. The quantitative estimate of drug-likeness (QED) is 0.655. The average Bonchev–Trinajstić information content (AvgIpc) is 2.90. The van der Waals surface area contributed by atoms with Crippen molar-refractivity contribution >= 4 is 40.3 Å². The van der Waals surface area contributed by atoms with Gasteiger partial charge in [-0.05, 0) is 5.92 Å². The van der Waals surface area contributed by atoms with Crippen LogP contribution in [0.2, 0.25) is 0 Å². The minimum Gasteiger partial charge on any atom is -0.451 e. The number of imide groups is 1. The van der Waals surface area contributed by atoms with Crippen LogP contribution in [0, 0.1) is 5.92 Å². The zero-order valence-electron chi connectivity index (χ0n) is 13.0. The maximum absolute atomic E-state index is 11.7. The first kappa shape index (κ1) is 18.6. The van der Waals surface area contributed by atoms with Crippen LogP contribution < -0.4 is 16.0 Å². The summed E-state index contributed by atoms with van der Waals surface area (Å²) in [5.41, 5.74) is -0.0317. The lowest BCUT2D eigenvalue weighted by molar-refractivity contribution is -0.123. The molecule has 1 aromatic rings. The summed E-state index contributed by atoms with van der Waals surface area (Å²) in [6.45, 7) is 4.94. The third kappa shape index (κ3) is 7.36. The Morgan fingerprint density at radius 1 is 1.30 bits per heavy atom. The Morgan fingerprint density at radius 2 is 2.00 bits per heavy atom. The standard InChI is InChI=1S/C13H18N4O5S/c1-7(2)4-14-12(21)17-10(19)5-22-11(20)9-6-23-13(16-9)15-8(3)18/h6-7H,4-5H2,1-3H3,(H,15,16,18)(H2,14,17,19,21). The van der Waals surface area contributed by atoms with Gasteiger partial charge in [-0.3, -0.25) is 14.9 Å². The van der Waals surface area contributed by atoms with E-state index in [1.165, 1.54) is 12.3 Å². The molecule has 1 heterocycles. The van der Waals surface area contributed by atoms with Crippen LogP contribution in [-0.4, -0.2) is 42.0 Å². The largest absolute Gasteiger partial charge is 0.451 e. The number of nitrogens with zero attached hydrogens (tertiary/aromatic N) is 1. The van der Waals surface area contributed by atoms with Crippen molar-refractivity contribution in [1.82, 2.24) is 15.6 Å². The van der Waals surface area contributed by atoms with Crippen LogP contribution in [0.5, 0.6) is 0 Å². The normalized spacial score (nSPS) is 10.1. The third-order valence-corrected chi connectivity index (χ3v) is 3.01. The molecule has 0 fully saturated rings. The maximum Gasteiger partial charge on any atom is 0.358 e. The summed E-state index contributed by atoms with van der Waals surface area (Å²) in [5, 5.41) is 8.59. The van der Waals surface area contributed by atoms with Crippen LogP contribution >= 0.6 is 11.3 Å². The molecule has 3 N–H and O–H groups in total. The first-order valence-corrected chi connectivity index (χ1v) is 7.63. The van der Waals surface area contributed by atoms with Gasteiger partial charge in [0, 0.05) is 18.8 Å². The summed E-state index contributed by atoms with van der Waals surface area (Å²) in [4.78, 5) is 49.2. The highest BCUT2D eigenvalue weighted by molar-refractivity contribution is 7.14. The molecule has 9 nitrogen and oxygen atoms in total. The Morgan fingerprint density at radius 3 is 2.61 bits per heavy atom. The maximum atomic E-state index is 11.7. The second-order valence-electron chi connectivity index (χ2n) is 4.95. The number of rotatable bonds is 6. The highest BCUT2D eigenvalue weighted by atomic mass is 32.1. The first-order chi connectivity index (χ1) is 10.8. The number of urea groups is 1. The fourth-order valence-corrected chi connectivity index (χ4v) is 2.01. The van der Waals surface area contributed by atoms with E-state index in [0.717, 1.165) is 11.3 Å². The molecule has 1 rings (SSSR count). The van der Waals surface area contributed by atoms with Crippen LogP contribution in [0.4, 0.5) is 9.93 Å². The van der Waals surface area contributed by atoms with Crippen molar-refractivity contribution in [2.75, 3.05) is 18.5 Å². The predicted molar refractivity (Wildman–Crippen MR) is 83.1 cm³/mol. The molecule has 0 atom stereocenters. The molecule has 0 aliphatic heterocycles. The average molecular weight is 342 g/mol. The number of nitrogens with one attached hydrogen (secondary N) is 3. The third-order valence-electron chi connectivity index (χ3n) is 2.25. The Labute approximate surface area is 136 Å². The number of esters is 1. The van der Waals surface area contributed by atoms with E-state index in [1.807, 2.05) is 19.2 Å². The fourth-order valence-electron chi connectivity index (χ4n) is 1.28. The SMILES string of the molecule is CC(=O)Nc1nc(C(=O)OCC(=O)NC(=O)NCC(C)C)cs1. The molecule has 0 radical (unpaired) electrons. The second-order valence-corrected chi connectivity index (χ2v) is 5.81. The van der Waals surface area contributed by atoms with Crippen molar-refractivity contribution in [2.45, 2.75) is 20.8 Å². The van der Waals surface area contributed by atoms with Gasteiger partial charge in [-0.25, -0.2) is 14.6 Å². The molecule has 0 saturated heterocycles. The molecule has 0 unspecified atom stereocenters. The van der Waals surface area contributed by atoms with Gasteiger partial charge in [-0.2, -0.15) is 0 Å². The Balaban J connectivity index is 2.37. The highest BCUT2D eigenvalue weighted by Crippen LogP contribution is 2.15. The zero-order chi connectivity index (χ0) is 17.4. The number of aromatic nitrogens is 1. The molecule has 10 heteroatoms. The smallest absolute Gasteiger partial charge is 0.358 e. The van der Waals surface area contributed by atoms with Crippen molar-refractivity contribution in [1.29, 1.82) is 0 Å². The van der Waals surface area contributed by atoms with Crippen LogP contribution in [-0.2, 0) is 14.3 Å². The summed E-state index contributed by atoms with van der Waals surface area (Å²) in [6, 6.07) is -0.652. The molecule has 0 bridgehead atoms. The number of hydrogen-bond acceptors (Lipinski definition) is 7. The minimum absolute atomic E-state index is 0.0317. The molecule has 0 aromatic carbocycles. The summed E-state index contributed by atoms with van der Waals surface area (Å²) in [5.74, 6) is -1.64. The first-order valence-electron chi connectivity index (χ1n) is 6.76. The van der Waals surface area contributed by atoms with Crippen molar-refractivity contribution in [3.63, 3.8) is 0 Å². The number of hydrogen-bond donors (Lipinski definition) is 3. The zero-order valence-corrected chi connectivity index (χ0v) is 13.8. The van der Waals surface area contributed by atoms with E-state index in [2.05, 4.69) is 15.6 Å². The topological polar surface area (TPSA) is 126 Å². The van der Waals surface area contributed by atoms with Crippen molar-refractivity contribution in [3.05, 3.63) is 11.1 Å². The second kappa shape index (κ2) is 8.83. The number of ether oxygens (including phenoxy) is 1. The van der Waals surface area contributed by atoms with Gasteiger partial charge < -0.3 is 15.4 Å². The van der Waals surface area contributed by atoms with E-state index in [-0.39, 0.29) is 22.7 Å². The van der Waals surface area contributed by atoms with E-state index in [9.17, 15) is 19.2 Å². The fraction of sp³-hybridized carbons (Fsp3) is 0.462. The molecular weight excluding hydrogens is 324 g/mol. The van der Waals surface area contributed by atoms with Crippen molar-refractivity contribution < 1.29 is 23.9 Å². The molecular formula is C13H18N4O5S. The van der Waals surface area contributed by atoms with Gasteiger partial charge in [0.05, 0.1) is 0 Å². The molecule has 0 aliphatic rings. The van der Waals surface area contributed by atoms with Gasteiger partial charge in [-0.15, -0.1) is 11.3 Å². The van der Waals surface area contributed by atoms with Gasteiger partial charge in [0.15, 0.2) is 17.4 Å². The molecule has 0 aliphatic carbocycles. The number of thiazole rings is 1.